The lowest BCUT2D eigenvalue weighted by Gasteiger charge is -2.04. The van der Waals surface area contributed by atoms with Crippen molar-refractivity contribution in [3.8, 4) is 0 Å². The molecule has 1 amide bonds. The lowest BCUT2D eigenvalue weighted by Crippen LogP contribution is -2.22. The fraction of sp³-hybridized carbons (Fsp3) is 0.417. The van der Waals surface area contributed by atoms with Crippen LogP contribution in [0.5, 0.6) is 0 Å². The van der Waals surface area contributed by atoms with Crippen LogP contribution >= 0.6 is 0 Å². The maximum atomic E-state index is 11.6. The topological polar surface area (TPSA) is 41.6 Å². The van der Waals surface area contributed by atoms with Crippen molar-refractivity contribution < 1.29 is 9.53 Å². The fourth-order valence-corrected chi connectivity index (χ4v) is 1.55. The molecule has 1 fully saturated rings. The first-order chi connectivity index (χ1) is 7.29. The lowest BCUT2D eigenvalue weighted by molar-refractivity contribution is 0.0955. The van der Waals surface area contributed by atoms with Crippen LogP contribution in [0.1, 0.15) is 22.8 Å². The predicted molar refractivity (Wildman–Crippen MR) is 57.9 cm³/mol. The van der Waals surface area contributed by atoms with Crippen LogP contribution in [0.4, 0.5) is 0 Å². The molecule has 0 aromatic heterocycles. The molecule has 1 aliphatic heterocycles. The highest BCUT2D eigenvalue weighted by molar-refractivity contribution is 5.94. The normalized spacial score (nSPS) is 18.6. The third-order valence-corrected chi connectivity index (χ3v) is 2.39. The number of benzene rings is 1. The highest BCUT2D eigenvalue weighted by atomic mass is 16.6. The number of rotatable bonds is 4. The average molecular weight is 205 g/mol. The molecule has 2 rings (SSSR count). The Bertz CT molecular complexity index is 358. The van der Waals surface area contributed by atoms with Gasteiger partial charge in [-0.1, -0.05) is 12.1 Å². The SMILES string of the molecule is CCNC(=O)c1cccc(CC2CO2)c1. The van der Waals surface area contributed by atoms with Crippen molar-refractivity contribution in [1.29, 1.82) is 0 Å². The second-order valence-corrected chi connectivity index (χ2v) is 3.72. The Morgan fingerprint density at radius 1 is 1.60 bits per heavy atom. The van der Waals surface area contributed by atoms with Gasteiger partial charge in [0.1, 0.15) is 0 Å². The van der Waals surface area contributed by atoms with Gasteiger partial charge in [0.2, 0.25) is 0 Å². The molecule has 1 aromatic carbocycles. The van der Waals surface area contributed by atoms with Crippen LogP contribution in [-0.2, 0) is 11.2 Å². The van der Waals surface area contributed by atoms with E-state index in [1.807, 2.05) is 31.2 Å². The number of nitrogens with one attached hydrogen (secondary N) is 1. The second kappa shape index (κ2) is 4.45. The van der Waals surface area contributed by atoms with E-state index in [1.54, 1.807) is 0 Å². The predicted octanol–water partition coefficient (Wildman–Crippen LogP) is 1.38. The Morgan fingerprint density at radius 3 is 3.07 bits per heavy atom. The number of carbonyl (C=O) groups excluding carboxylic acids is 1. The Kier molecular flexibility index (Phi) is 3.02. The Labute approximate surface area is 89.4 Å². The molecule has 1 aromatic rings. The summed E-state index contributed by atoms with van der Waals surface area (Å²) in [5.74, 6) is -0.00364. The summed E-state index contributed by atoms with van der Waals surface area (Å²) in [4.78, 5) is 11.6. The van der Waals surface area contributed by atoms with Gasteiger partial charge in [0.25, 0.3) is 5.91 Å². The average Bonchev–Trinajstić information content (AvgIpc) is 3.03. The van der Waals surface area contributed by atoms with E-state index in [4.69, 9.17) is 4.74 Å². The van der Waals surface area contributed by atoms with Gasteiger partial charge in [-0.3, -0.25) is 4.79 Å². The number of ether oxygens (including phenoxy) is 1. The molecule has 0 spiro atoms. The summed E-state index contributed by atoms with van der Waals surface area (Å²) < 4.78 is 5.16. The van der Waals surface area contributed by atoms with Crippen LogP contribution in [0.15, 0.2) is 24.3 Å². The number of carbonyl (C=O) groups is 1. The maximum absolute atomic E-state index is 11.6. The molecule has 3 nitrogen and oxygen atoms in total. The minimum absolute atomic E-state index is 0.00364. The molecule has 1 N–H and O–H groups in total. The zero-order chi connectivity index (χ0) is 10.7. The van der Waals surface area contributed by atoms with Gasteiger partial charge in [-0.2, -0.15) is 0 Å². The first kappa shape index (κ1) is 10.2. The van der Waals surface area contributed by atoms with Crippen LogP contribution in [0, 0.1) is 0 Å². The van der Waals surface area contributed by atoms with E-state index in [9.17, 15) is 4.79 Å². The standard InChI is InChI=1S/C12H15NO2/c1-2-13-12(14)10-5-3-4-9(6-10)7-11-8-15-11/h3-6,11H,2,7-8H2,1H3,(H,13,14). The highest BCUT2D eigenvalue weighted by Crippen LogP contribution is 2.16. The number of epoxide rings is 1. The third-order valence-electron chi connectivity index (χ3n) is 2.39. The van der Waals surface area contributed by atoms with Crippen molar-refractivity contribution in [3.63, 3.8) is 0 Å². The van der Waals surface area contributed by atoms with Crippen LogP contribution in [0.25, 0.3) is 0 Å². The van der Waals surface area contributed by atoms with Crippen molar-refractivity contribution in [3.05, 3.63) is 35.4 Å². The molecular formula is C12H15NO2. The molecule has 1 aliphatic rings. The summed E-state index contributed by atoms with van der Waals surface area (Å²) in [7, 11) is 0. The Balaban J connectivity index is 2.06. The first-order valence-electron chi connectivity index (χ1n) is 5.28. The minimum atomic E-state index is -0.00364. The summed E-state index contributed by atoms with van der Waals surface area (Å²) in [6.45, 7) is 3.43. The molecule has 15 heavy (non-hydrogen) atoms. The van der Waals surface area contributed by atoms with E-state index in [0.29, 0.717) is 12.6 Å². The molecule has 0 saturated carbocycles. The largest absolute Gasteiger partial charge is 0.373 e. The molecule has 1 saturated heterocycles. The van der Waals surface area contributed by atoms with E-state index in [-0.39, 0.29) is 5.91 Å². The van der Waals surface area contributed by atoms with Crippen molar-refractivity contribution in [2.45, 2.75) is 19.4 Å². The summed E-state index contributed by atoms with van der Waals surface area (Å²) in [6.07, 6.45) is 1.28. The van der Waals surface area contributed by atoms with E-state index < -0.39 is 0 Å². The van der Waals surface area contributed by atoms with Crippen LogP contribution in [0.3, 0.4) is 0 Å². The minimum Gasteiger partial charge on any atom is -0.373 e. The van der Waals surface area contributed by atoms with Crippen molar-refractivity contribution >= 4 is 5.91 Å². The molecule has 0 aliphatic carbocycles. The van der Waals surface area contributed by atoms with Gasteiger partial charge in [-0.05, 0) is 24.6 Å². The lowest BCUT2D eigenvalue weighted by atomic mass is 10.1. The van der Waals surface area contributed by atoms with Gasteiger partial charge in [0.15, 0.2) is 0 Å². The van der Waals surface area contributed by atoms with Crippen LogP contribution in [-0.4, -0.2) is 25.2 Å². The molecule has 80 valence electrons. The van der Waals surface area contributed by atoms with Gasteiger partial charge >= 0.3 is 0 Å². The van der Waals surface area contributed by atoms with Gasteiger partial charge in [-0.25, -0.2) is 0 Å². The van der Waals surface area contributed by atoms with Gasteiger partial charge < -0.3 is 10.1 Å². The number of hydrogen-bond acceptors (Lipinski definition) is 2. The molecule has 0 radical (unpaired) electrons. The summed E-state index contributed by atoms with van der Waals surface area (Å²) >= 11 is 0. The second-order valence-electron chi connectivity index (χ2n) is 3.72. The van der Waals surface area contributed by atoms with E-state index in [0.717, 1.165) is 18.6 Å². The smallest absolute Gasteiger partial charge is 0.251 e. The molecule has 1 atom stereocenters. The van der Waals surface area contributed by atoms with Gasteiger partial charge in [0, 0.05) is 18.5 Å². The molecule has 1 heterocycles. The number of amides is 1. The van der Waals surface area contributed by atoms with Gasteiger partial charge in [-0.15, -0.1) is 0 Å². The number of hydrogen-bond donors (Lipinski definition) is 1. The van der Waals surface area contributed by atoms with Crippen molar-refractivity contribution in [2.75, 3.05) is 13.2 Å². The zero-order valence-electron chi connectivity index (χ0n) is 8.82. The van der Waals surface area contributed by atoms with E-state index in [2.05, 4.69) is 5.32 Å². The zero-order valence-corrected chi connectivity index (χ0v) is 8.82. The van der Waals surface area contributed by atoms with E-state index in [1.165, 1.54) is 5.56 Å². The summed E-state index contributed by atoms with van der Waals surface area (Å²) in [5.41, 5.74) is 1.90. The Hall–Kier alpha value is -1.35. The van der Waals surface area contributed by atoms with Crippen molar-refractivity contribution in [1.82, 2.24) is 5.32 Å². The van der Waals surface area contributed by atoms with E-state index >= 15 is 0 Å². The van der Waals surface area contributed by atoms with Crippen molar-refractivity contribution in [2.24, 2.45) is 0 Å². The molecule has 1 unspecified atom stereocenters. The molecule has 3 heteroatoms. The summed E-state index contributed by atoms with van der Waals surface area (Å²) in [6, 6.07) is 7.72. The quantitative estimate of drug-likeness (QED) is 0.754. The third kappa shape index (κ3) is 2.80. The Morgan fingerprint density at radius 2 is 2.40 bits per heavy atom. The molecule has 0 bridgehead atoms. The van der Waals surface area contributed by atoms with Crippen LogP contribution < -0.4 is 5.32 Å². The highest BCUT2D eigenvalue weighted by Gasteiger charge is 2.22. The monoisotopic (exact) mass is 205 g/mol. The summed E-state index contributed by atoms with van der Waals surface area (Å²) in [5, 5.41) is 2.79. The van der Waals surface area contributed by atoms with Gasteiger partial charge in [0.05, 0.1) is 12.7 Å². The fourth-order valence-electron chi connectivity index (χ4n) is 1.55. The maximum Gasteiger partial charge on any atom is 0.251 e. The molecular weight excluding hydrogens is 190 g/mol. The van der Waals surface area contributed by atoms with Crippen LogP contribution in [0.2, 0.25) is 0 Å². The first-order valence-corrected chi connectivity index (χ1v) is 5.28.